The molecule has 6 nitrogen and oxygen atoms in total. The highest BCUT2D eigenvalue weighted by molar-refractivity contribution is 7.73. The second kappa shape index (κ2) is 6.12. The number of aromatic hydroxyl groups is 1. The zero-order chi connectivity index (χ0) is 17.6. The Balaban J connectivity index is 2.24. The first-order chi connectivity index (χ1) is 11.3. The number of aliphatic carboxylic acids is 1. The van der Waals surface area contributed by atoms with Gasteiger partial charge in [-0.3, -0.25) is 14.2 Å². The molecule has 0 aliphatic carbocycles. The number of carboxylic acid groups (broad SMARTS) is 1. The molecule has 1 aromatic carbocycles. The lowest BCUT2D eigenvalue weighted by atomic mass is 10.1. The summed E-state index contributed by atoms with van der Waals surface area (Å²) in [6.45, 7) is 1.82. The van der Waals surface area contributed by atoms with Crippen LogP contribution >= 0.6 is 35.2 Å². The SMILES string of the molecule is Cc1cc(Cl)cc2c1=NC(=O)C=2c1sc(=S)n(CCC(=O)O)c1O. The zero-order valence-electron chi connectivity index (χ0n) is 12.4. The molecule has 24 heavy (non-hydrogen) atoms. The molecule has 1 aromatic heterocycles. The molecule has 3 rings (SSSR count). The number of amides is 1. The molecule has 0 saturated heterocycles. The van der Waals surface area contributed by atoms with Crippen molar-refractivity contribution in [3.05, 3.63) is 42.1 Å². The van der Waals surface area contributed by atoms with Crippen molar-refractivity contribution in [3.63, 3.8) is 0 Å². The molecule has 1 aliphatic rings. The number of carbonyl (C=O) groups excluding carboxylic acids is 1. The molecule has 2 N–H and O–H groups in total. The first kappa shape index (κ1) is 16.8. The fraction of sp³-hybridized carbons (Fsp3) is 0.200. The minimum atomic E-state index is -1.00. The van der Waals surface area contributed by atoms with Crippen LogP contribution in [-0.4, -0.2) is 26.7 Å². The van der Waals surface area contributed by atoms with Gasteiger partial charge in [0.2, 0.25) is 5.88 Å². The minimum absolute atomic E-state index is 0.0243. The highest BCUT2D eigenvalue weighted by Gasteiger charge is 2.26. The van der Waals surface area contributed by atoms with Crippen molar-refractivity contribution in [1.29, 1.82) is 0 Å². The van der Waals surface area contributed by atoms with Crippen molar-refractivity contribution < 1.29 is 19.8 Å². The predicted octanol–water partition coefficient (Wildman–Crippen LogP) is 1.78. The van der Waals surface area contributed by atoms with E-state index in [1.165, 1.54) is 4.57 Å². The fourth-order valence-corrected chi connectivity index (χ4v) is 4.20. The Labute approximate surface area is 150 Å². The average Bonchev–Trinajstić information content (AvgIpc) is 2.94. The van der Waals surface area contributed by atoms with Crippen LogP contribution in [0.25, 0.3) is 5.57 Å². The van der Waals surface area contributed by atoms with Crippen LogP contribution in [0, 0.1) is 10.9 Å². The number of thiazole rings is 1. The average molecular weight is 383 g/mol. The third-order valence-electron chi connectivity index (χ3n) is 3.61. The van der Waals surface area contributed by atoms with Gasteiger partial charge in [0, 0.05) is 16.8 Å². The Morgan fingerprint density at radius 2 is 2.17 bits per heavy atom. The second-order valence-electron chi connectivity index (χ2n) is 5.23. The molecule has 2 aromatic rings. The normalized spacial score (nSPS) is 13.1. The highest BCUT2D eigenvalue weighted by Crippen LogP contribution is 2.32. The Morgan fingerprint density at radius 3 is 2.83 bits per heavy atom. The summed E-state index contributed by atoms with van der Waals surface area (Å²) in [5, 5.41) is 20.8. The van der Waals surface area contributed by atoms with Gasteiger partial charge in [-0.05, 0) is 36.8 Å². The van der Waals surface area contributed by atoms with Gasteiger partial charge < -0.3 is 10.2 Å². The highest BCUT2D eigenvalue weighted by atomic mass is 35.5. The summed E-state index contributed by atoms with van der Waals surface area (Å²) in [6.07, 6.45) is -0.187. The standard InChI is InChI=1S/C15H11ClN2O4S2/c1-6-4-7(16)5-8-10(13(21)17-11(6)8)12-14(22)18(15(23)24-12)3-2-9(19)20/h4-5,22H,2-3H2,1H3,(H,19,20). The number of hydrogen-bond donors (Lipinski definition) is 2. The maximum Gasteiger partial charge on any atom is 0.305 e. The molecular formula is C15H11ClN2O4S2. The van der Waals surface area contributed by atoms with Crippen molar-refractivity contribution in [3.8, 4) is 5.88 Å². The summed E-state index contributed by atoms with van der Waals surface area (Å²) >= 11 is 12.3. The van der Waals surface area contributed by atoms with E-state index in [-0.39, 0.29) is 33.3 Å². The molecule has 1 aliphatic heterocycles. The molecule has 0 spiro atoms. The van der Waals surface area contributed by atoms with Gasteiger partial charge in [0.1, 0.15) is 4.88 Å². The maximum absolute atomic E-state index is 12.3. The fourth-order valence-electron chi connectivity index (χ4n) is 2.53. The van der Waals surface area contributed by atoms with Crippen molar-refractivity contribution >= 4 is 52.6 Å². The molecular weight excluding hydrogens is 372 g/mol. The number of aryl methyl sites for hydroxylation is 1. The number of carboxylic acids is 1. The number of fused-ring (bicyclic) bond motifs is 1. The predicted molar refractivity (Wildman–Crippen MR) is 91.5 cm³/mol. The van der Waals surface area contributed by atoms with E-state index >= 15 is 0 Å². The number of carbonyl (C=O) groups is 2. The number of hydrogen-bond acceptors (Lipinski definition) is 5. The first-order valence-electron chi connectivity index (χ1n) is 6.88. The summed E-state index contributed by atoms with van der Waals surface area (Å²) in [6, 6.07) is 3.33. The van der Waals surface area contributed by atoms with Crippen LogP contribution in [0.15, 0.2) is 17.1 Å². The van der Waals surface area contributed by atoms with Gasteiger partial charge in [-0.25, -0.2) is 4.99 Å². The van der Waals surface area contributed by atoms with Crippen LogP contribution in [0.3, 0.4) is 0 Å². The van der Waals surface area contributed by atoms with E-state index in [1.807, 2.05) is 0 Å². The number of aromatic nitrogens is 1. The van der Waals surface area contributed by atoms with Crippen LogP contribution in [0.2, 0.25) is 5.02 Å². The topological polar surface area (TPSA) is 91.9 Å². The smallest absolute Gasteiger partial charge is 0.305 e. The third kappa shape index (κ3) is 2.77. The van der Waals surface area contributed by atoms with Crippen molar-refractivity contribution in [2.75, 3.05) is 0 Å². The van der Waals surface area contributed by atoms with E-state index in [2.05, 4.69) is 4.99 Å². The molecule has 0 fully saturated rings. The molecule has 1 amide bonds. The van der Waals surface area contributed by atoms with Gasteiger partial charge in [-0.2, -0.15) is 0 Å². The van der Waals surface area contributed by atoms with Gasteiger partial charge in [0.25, 0.3) is 5.91 Å². The van der Waals surface area contributed by atoms with Crippen LogP contribution in [0.5, 0.6) is 5.88 Å². The molecule has 124 valence electrons. The quantitative estimate of drug-likeness (QED) is 0.786. The van der Waals surface area contributed by atoms with E-state index in [0.717, 1.165) is 16.9 Å². The summed E-state index contributed by atoms with van der Waals surface area (Å²) in [5.74, 6) is -1.71. The number of nitrogens with zero attached hydrogens (tertiary/aromatic N) is 2. The van der Waals surface area contributed by atoms with Gasteiger partial charge in [0.15, 0.2) is 3.95 Å². The third-order valence-corrected chi connectivity index (χ3v) is 5.28. The minimum Gasteiger partial charge on any atom is -0.493 e. The largest absolute Gasteiger partial charge is 0.493 e. The number of benzene rings is 1. The Hall–Kier alpha value is -2.03. The van der Waals surface area contributed by atoms with Crippen LogP contribution < -0.4 is 10.6 Å². The van der Waals surface area contributed by atoms with Gasteiger partial charge in [-0.1, -0.05) is 11.6 Å². The number of rotatable bonds is 4. The first-order valence-corrected chi connectivity index (χ1v) is 8.48. The second-order valence-corrected chi connectivity index (χ2v) is 7.31. The van der Waals surface area contributed by atoms with Crippen LogP contribution in [-0.2, 0) is 16.1 Å². The molecule has 0 radical (unpaired) electrons. The van der Waals surface area contributed by atoms with E-state index in [0.29, 0.717) is 15.6 Å². The molecule has 0 atom stereocenters. The Morgan fingerprint density at radius 1 is 1.46 bits per heavy atom. The van der Waals surface area contributed by atoms with Gasteiger partial charge in [-0.15, -0.1) is 11.3 Å². The monoisotopic (exact) mass is 382 g/mol. The van der Waals surface area contributed by atoms with E-state index in [9.17, 15) is 14.7 Å². The lowest BCUT2D eigenvalue weighted by Crippen LogP contribution is -2.26. The van der Waals surface area contributed by atoms with Crippen molar-refractivity contribution in [1.82, 2.24) is 4.57 Å². The number of halogens is 1. The van der Waals surface area contributed by atoms with E-state index < -0.39 is 11.9 Å². The summed E-state index contributed by atoms with van der Waals surface area (Å²) in [7, 11) is 0. The Kier molecular flexibility index (Phi) is 4.29. The summed E-state index contributed by atoms with van der Waals surface area (Å²) < 4.78 is 1.59. The lowest BCUT2D eigenvalue weighted by Gasteiger charge is -2.03. The van der Waals surface area contributed by atoms with E-state index in [1.54, 1.807) is 19.1 Å². The molecule has 0 saturated carbocycles. The van der Waals surface area contributed by atoms with Crippen molar-refractivity contribution in [2.24, 2.45) is 4.99 Å². The molecule has 0 bridgehead atoms. The maximum atomic E-state index is 12.3. The summed E-state index contributed by atoms with van der Waals surface area (Å²) in [5.41, 5.74) is 0.993. The summed E-state index contributed by atoms with van der Waals surface area (Å²) in [4.78, 5) is 27.4. The molecule has 9 heteroatoms. The molecule has 2 heterocycles. The molecule has 0 unspecified atom stereocenters. The van der Waals surface area contributed by atoms with Gasteiger partial charge >= 0.3 is 5.97 Å². The van der Waals surface area contributed by atoms with Gasteiger partial charge in [0.05, 0.1) is 17.4 Å². The van der Waals surface area contributed by atoms with Crippen LogP contribution in [0.4, 0.5) is 0 Å². The van der Waals surface area contributed by atoms with Crippen molar-refractivity contribution in [2.45, 2.75) is 19.9 Å². The Bertz CT molecular complexity index is 1070. The lowest BCUT2D eigenvalue weighted by molar-refractivity contribution is -0.137. The van der Waals surface area contributed by atoms with E-state index in [4.69, 9.17) is 28.9 Å². The van der Waals surface area contributed by atoms with Crippen LogP contribution in [0.1, 0.15) is 16.9 Å². The zero-order valence-corrected chi connectivity index (χ0v) is 14.8.